The number of benzene rings is 5. The van der Waals surface area contributed by atoms with E-state index in [9.17, 15) is 28.8 Å². The molecule has 4 atom stereocenters. The molecule has 0 spiro atoms. The highest BCUT2D eigenvalue weighted by molar-refractivity contribution is 6.37. The van der Waals surface area contributed by atoms with Gasteiger partial charge in [-0.05, 0) is 125 Å². The maximum atomic E-state index is 13.5. The predicted molar refractivity (Wildman–Crippen MR) is 274 cm³/mol. The van der Waals surface area contributed by atoms with Crippen molar-refractivity contribution in [1.29, 1.82) is 0 Å². The van der Waals surface area contributed by atoms with Gasteiger partial charge in [-0.1, -0.05) is 47.5 Å². The fourth-order valence-corrected chi connectivity index (χ4v) is 7.46. The van der Waals surface area contributed by atoms with Gasteiger partial charge in [0.1, 0.15) is 22.9 Å². The number of ether oxygens (including phenoxy) is 2. The molecule has 0 saturated carbocycles. The molecule has 0 aromatic heterocycles. The molecule has 0 heterocycles. The minimum atomic E-state index is -1.65. The molecular weight excluding hydrogens is 1010 g/mol. The number of rotatable bonds is 21. The highest BCUT2D eigenvalue weighted by atomic mass is 35.5. The molecule has 0 saturated heterocycles. The Morgan fingerprint density at radius 2 is 1.01 bits per heavy atom. The van der Waals surface area contributed by atoms with Gasteiger partial charge in [0, 0.05) is 17.3 Å². The van der Waals surface area contributed by atoms with Crippen LogP contribution in [0.15, 0.2) is 111 Å². The van der Waals surface area contributed by atoms with Crippen LogP contribution in [-0.2, 0) is 25.1 Å². The van der Waals surface area contributed by atoms with E-state index in [-0.39, 0.29) is 60.6 Å². The first-order valence-electron chi connectivity index (χ1n) is 21.5. The first-order chi connectivity index (χ1) is 33.4. The number of nitrogens with zero attached hydrogens (tertiary/aromatic N) is 4. The van der Waals surface area contributed by atoms with E-state index >= 15 is 0 Å². The number of hydrogen-bond acceptors (Lipinski definition) is 12. The van der Waals surface area contributed by atoms with E-state index in [1.54, 1.807) is 64.1 Å². The largest absolute Gasteiger partial charge is 0.492 e. The Balaban J connectivity index is 1.28. The molecule has 4 unspecified atom stereocenters. The minimum absolute atomic E-state index is 0.00238. The first kappa shape index (κ1) is 54.5. The third-order valence-electron chi connectivity index (χ3n) is 10.1. The standard InChI is InChI=1S/C49H47Cl5N8O8/c1-7-69-40-19-15-29(25(3)51)22-38(40)57-46(65)33-11-9-13-36(42(33)53)59-61-44(27(5)63)48(67)55-32-17-18-35(31(21-32)24-50)56-49(68)45(28(6)64)62-60-37-14-10-12-34(43(37)54)47(66)58-39-23-30(26(4)52)16-20-41(39)70-8-2/h9-23,25-26,44-45H,7-8,24H2,1-6H3,(H,55,67)(H,56,68)(H,57,65)(H,58,66). The van der Waals surface area contributed by atoms with E-state index < -0.39 is 47.3 Å². The number of nitrogens with one attached hydrogen (secondary N) is 4. The molecule has 0 aliphatic rings. The number of azo groups is 2. The van der Waals surface area contributed by atoms with Crippen LogP contribution in [0.2, 0.25) is 10.0 Å². The van der Waals surface area contributed by atoms with Crippen molar-refractivity contribution in [2.45, 2.75) is 70.3 Å². The van der Waals surface area contributed by atoms with Crippen molar-refractivity contribution < 1.29 is 38.2 Å². The van der Waals surface area contributed by atoms with Crippen LogP contribution >= 0.6 is 58.0 Å². The fraction of sp³-hybridized carbons (Fsp3) is 0.265. The molecule has 5 aromatic rings. The Morgan fingerprint density at radius 3 is 1.41 bits per heavy atom. The molecule has 4 amide bonds. The van der Waals surface area contributed by atoms with Crippen LogP contribution in [0.25, 0.3) is 0 Å². The average Bonchev–Trinajstić information content (AvgIpc) is 3.31. The normalized spacial score (nSPS) is 13.0. The highest BCUT2D eigenvalue weighted by Crippen LogP contribution is 2.36. The van der Waals surface area contributed by atoms with Crippen LogP contribution in [-0.4, -0.2) is 60.5 Å². The number of halogens is 5. The van der Waals surface area contributed by atoms with Crippen molar-refractivity contribution >= 4 is 127 Å². The van der Waals surface area contributed by atoms with Crippen LogP contribution < -0.4 is 30.7 Å². The van der Waals surface area contributed by atoms with Crippen molar-refractivity contribution in [2.24, 2.45) is 20.5 Å². The lowest BCUT2D eigenvalue weighted by molar-refractivity contribution is -0.127. The number of amides is 4. The Labute approximate surface area is 428 Å². The summed E-state index contributed by atoms with van der Waals surface area (Å²) in [5, 5.41) is 26.0. The molecule has 21 heteroatoms. The first-order valence-corrected chi connectivity index (χ1v) is 23.7. The molecule has 366 valence electrons. The molecule has 0 aliphatic heterocycles. The summed E-state index contributed by atoms with van der Waals surface area (Å²) in [7, 11) is 0. The summed E-state index contributed by atoms with van der Waals surface area (Å²) < 4.78 is 11.3. The fourth-order valence-electron chi connectivity index (χ4n) is 6.46. The van der Waals surface area contributed by atoms with E-state index in [1.165, 1.54) is 54.6 Å². The van der Waals surface area contributed by atoms with Crippen LogP contribution in [0.3, 0.4) is 0 Å². The Kier molecular flexibility index (Phi) is 19.8. The summed E-state index contributed by atoms with van der Waals surface area (Å²) in [5.41, 5.74) is 2.96. The van der Waals surface area contributed by atoms with Gasteiger partial charge in [-0.15, -0.1) is 34.8 Å². The smallest absolute Gasteiger partial charge is 0.258 e. The zero-order valence-electron chi connectivity index (χ0n) is 38.5. The molecule has 0 fully saturated rings. The van der Waals surface area contributed by atoms with Crippen LogP contribution in [0.1, 0.15) is 89.7 Å². The lowest BCUT2D eigenvalue weighted by Crippen LogP contribution is -2.32. The highest BCUT2D eigenvalue weighted by Gasteiger charge is 2.27. The Bertz CT molecular complexity index is 2860. The molecular formula is C49H47Cl5N8O8. The molecule has 0 bridgehead atoms. The van der Waals surface area contributed by atoms with Crippen LogP contribution in [0.5, 0.6) is 11.5 Å². The number of anilines is 4. The number of carbonyl (C=O) groups excluding carboxylic acids is 6. The maximum Gasteiger partial charge on any atom is 0.258 e. The summed E-state index contributed by atoms with van der Waals surface area (Å²) in [6.07, 6.45) is 0. The van der Waals surface area contributed by atoms with Gasteiger partial charge in [0.2, 0.25) is 12.1 Å². The van der Waals surface area contributed by atoms with Gasteiger partial charge in [0.05, 0.1) is 56.5 Å². The SMILES string of the molecule is CCOc1ccc(C(C)Cl)cc1NC(=O)c1cccc(N=NC(C(C)=O)C(=O)Nc2ccc(NC(=O)C(N=Nc3cccc(C(=O)Nc4cc(C(C)Cl)ccc4OCC)c3Cl)C(C)=O)c(CCl)c2)c1Cl. The molecule has 0 aliphatic carbocycles. The zero-order valence-corrected chi connectivity index (χ0v) is 42.3. The monoisotopic (exact) mass is 1050 g/mol. The molecule has 70 heavy (non-hydrogen) atoms. The predicted octanol–water partition coefficient (Wildman–Crippen LogP) is 13.0. The molecule has 5 aromatic carbocycles. The van der Waals surface area contributed by atoms with E-state index in [1.807, 2.05) is 0 Å². The lowest BCUT2D eigenvalue weighted by atomic mass is 10.1. The topological polar surface area (TPSA) is 218 Å². The maximum absolute atomic E-state index is 13.5. The third kappa shape index (κ3) is 14.1. The summed E-state index contributed by atoms with van der Waals surface area (Å²) >= 11 is 32.0. The van der Waals surface area contributed by atoms with Crippen LogP contribution in [0, 0.1) is 0 Å². The quantitative estimate of drug-likeness (QED) is 0.0314. The number of ketones is 2. The van der Waals surface area contributed by atoms with Crippen molar-refractivity contribution in [2.75, 3.05) is 34.5 Å². The Morgan fingerprint density at radius 1 is 0.571 bits per heavy atom. The van der Waals surface area contributed by atoms with Gasteiger partial charge in [-0.3, -0.25) is 28.8 Å². The van der Waals surface area contributed by atoms with Crippen molar-refractivity contribution in [3.05, 3.63) is 129 Å². The van der Waals surface area contributed by atoms with Crippen molar-refractivity contribution in [3.63, 3.8) is 0 Å². The van der Waals surface area contributed by atoms with Gasteiger partial charge in [-0.25, -0.2) is 0 Å². The van der Waals surface area contributed by atoms with Gasteiger partial charge in [0.25, 0.3) is 23.6 Å². The second-order valence-corrected chi connectivity index (χ2v) is 17.6. The molecule has 0 radical (unpaired) electrons. The number of hydrogen-bond donors (Lipinski definition) is 4. The second kappa shape index (κ2) is 25.4. The van der Waals surface area contributed by atoms with E-state index in [2.05, 4.69) is 41.7 Å². The van der Waals surface area contributed by atoms with Gasteiger partial charge < -0.3 is 30.7 Å². The summed E-state index contributed by atoms with van der Waals surface area (Å²) in [6, 6.07) is 20.2. The van der Waals surface area contributed by atoms with Gasteiger partial charge >= 0.3 is 0 Å². The van der Waals surface area contributed by atoms with Crippen LogP contribution in [0.4, 0.5) is 34.1 Å². The van der Waals surface area contributed by atoms with Gasteiger partial charge in [0.15, 0.2) is 11.6 Å². The van der Waals surface area contributed by atoms with E-state index in [0.717, 1.165) is 25.0 Å². The number of alkyl halides is 3. The summed E-state index contributed by atoms with van der Waals surface area (Å²) in [5.74, 6) is -3.57. The average molecular weight is 1050 g/mol. The van der Waals surface area contributed by atoms with Crippen molar-refractivity contribution in [3.8, 4) is 11.5 Å². The van der Waals surface area contributed by atoms with Gasteiger partial charge in [-0.2, -0.15) is 20.5 Å². The van der Waals surface area contributed by atoms with E-state index in [0.29, 0.717) is 41.7 Å². The summed E-state index contributed by atoms with van der Waals surface area (Å²) in [6.45, 7) is 10.2. The molecule has 5 rings (SSSR count). The Hall–Kier alpha value is -6.43. The zero-order chi connectivity index (χ0) is 51.2. The molecule has 4 N–H and O–H groups in total. The minimum Gasteiger partial charge on any atom is -0.492 e. The summed E-state index contributed by atoms with van der Waals surface area (Å²) in [4.78, 5) is 79.2. The second-order valence-electron chi connectivity index (χ2n) is 15.2. The van der Waals surface area contributed by atoms with Crippen molar-refractivity contribution in [1.82, 2.24) is 0 Å². The lowest BCUT2D eigenvalue weighted by Gasteiger charge is -2.15. The number of carbonyl (C=O) groups is 6. The van der Waals surface area contributed by atoms with E-state index in [4.69, 9.17) is 67.5 Å². The number of Topliss-reactive ketones (excluding diaryl/α,β-unsaturated/α-hetero) is 2. The third-order valence-corrected chi connectivity index (χ3v) is 11.7. The molecule has 16 nitrogen and oxygen atoms in total.